The number of nitro benzene ring substituents is 1. The summed E-state index contributed by atoms with van der Waals surface area (Å²) >= 11 is 14.5. The lowest BCUT2D eigenvalue weighted by Crippen LogP contribution is -1.97. The van der Waals surface area contributed by atoms with E-state index in [1.165, 1.54) is 6.20 Å². The molecular formula is C11H4BrCl2FN2O3. The van der Waals surface area contributed by atoms with Crippen molar-refractivity contribution >= 4 is 44.8 Å². The van der Waals surface area contributed by atoms with Gasteiger partial charge in [-0.2, -0.15) is 0 Å². The van der Waals surface area contributed by atoms with Gasteiger partial charge in [0, 0.05) is 22.8 Å². The zero-order valence-electron chi connectivity index (χ0n) is 9.44. The normalized spacial score (nSPS) is 10.4. The Hall–Kier alpha value is -1.44. The van der Waals surface area contributed by atoms with Gasteiger partial charge < -0.3 is 4.74 Å². The molecule has 0 saturated heterocycles. The second-order valence-electron chi connectivity index (χ2n) is 3.53. The largest absolute Gasteiger partial charge is 0.429 e. The molecule has 0 bridgehead atoms. The van der Waals surface area contributed by atoms with E-state index in [-0.39, 0.29) is 15.8 Å². The van der Waals surface area contributed by atoms with E-state index in [1.54, 1.807) is 0 Å². The van der Waals surface area contributed by atoms with Crippen LogP contribution in [0.25, 0.3) is 0 Å². The number of halogens is 4. The zero-order chi connectivity index (χ0) is 14.9. The number of pyridine rings is 1. The smallest absolute Gasteiger partial charge is 0.313 e. The summed E-state index contributed by atoms with van der Waals surface area (Å²) in [5.41, 5.74) is -0.441. The van der Waals surface area contributed by atoms with Crippen molar-refractivity contribution in [3.8, 4) is 11.6 Å². The molecule has 2 aromatic rings. The molecule has 104 valence electrons. The highest BCUT2D eigenvalue weighted by atomic mass is 79.9. The van der Waals surface area contributed by atoms with E-state index in [4.69, 9.17) is 27.9 Å². The molecular weight excluding hydrogens is 378 g/mol. The van der Waals surface area contributed by atoms with Crippen LogP contribution in [-0.2, 0) is 0 Å². The maximum atomic E-state index is 13.6. The van der Waals surface area contributed by atoms with Gasteiger partial charge >= 0.3 is 5.69 Å². The van der Waals surface area contributed by atoms with Crippen molar-refractivity contribution in [1.82, 2.24) is 4.98 Å². The summed E-state index contributed by atoms with van der Waals surface area (Å²) in [7, 11) is 0. The van der Waals surface area contributed by atoms with Gasteiger partial charge in [0.2, 0.25) is 5.75 Å². The van der Waals surface area contributed by atoms with Crippen molar-refractivity contribution in [1.29, 1.82) is 0 Å². The third-order valence-corrected chi connectivity index (χ3v) is 3.34. The average molecular weight is 382 g/mol. The van der Waals surface area contributed by atoms with Crippen molar-refractivity contribution in [3.05, 3.63) is 54.8 Å². The Balaban J connectivity index is 2.47. The summed E-state index contributed by atoms with van der Waals surface area (Å²) in [4.78, 5) is 13.9. The van der Waals surface area contributed by atoms with Crippen molar-refractivity contribution in [2.75, 3.05) is 0 Å². The first-order valence-corrected chi connectivity index (χ1v) is 6.55. The molecule has 2 rings (SSSR count). The minimum atomic E-state index is -0.778. The predicted molar refractivity (Wildman–Crippen MR) is 75.1 cm³/mol. The number of aromatic nitrogens is 1. The Morgan fingerprint density at radius 3 is 2.55 bits per heavy atom. The first-order valence-electron chi connectivity index (χ1n) is 5.01. The van der Waals surface area contributed by atoms with Gasteiger partial charge in [-0.25, -0.2) is 9.37 Å². The van der Waals surface area contributed by atoms with Gasteiger partial charge in [0.1, 0.15) is 0 Å². The monoisotopic (exact) mass is 380 g/mol. The SMILES string of the molecule is O=[N+]([O-])c1cc(Cl)c(Cl)cc1Oc1ncc(Br)cc1F. The second kappa shape index (κ2) is 5.90. The molecule has 1 aromatic heterocycles. The highest BCUT2D eigenvalue weighted by Gasteiger charge is 2.20. The van der Waals surface area contributed by atoms with Crippen LogP contribution >= 0.6 is 39.1 Å². The Labute approximate surface area is 130 Å². The number of ether oxygens (including phenoxy) is 1. The molecule has 0 aliphatic heterocycles. The molecule has 20 heavy (non-hydrogen) atoms. The highest BCUT2D eigenvalue weighted by Crippen LogP contribution is 2.38. The Kier molecular flexibility index (Phi) is 4.42. The van der Waals surface area contributed by atoms with Crippen LogP contribution in [0.5, 0.6) is 11.6 Å². The molecule has 0 saturated carbocycles. The standard InChI is InChI=1S/C11H4BrCl2FN2O3/c12-5-1-8(15)11(16-4-5)20-10-3-7(14)6(13)2-9(10)17(18)19/h1-4H. The number of hydrogen-bond donors (Lipinski definition) is 0. The van der Waals surface area contributed by atoms with E-state index < -0.39 is 22.3 Å². The van der Waals surface area contributed by atoms with Crippen LogP contribution in [-0.4, -0.2) is 9.91 Å². The highest BCUT2D eigenvalue weighted by molar-refractivity contribution is 9.10. The molecule has 0 unspecified atom stereocenters. The van der Waals surface area contributed by atoms with E-state index in [1.807, 2.05) is 0 Å². The molecule has 0 amide bonds. The van der Waals surface area contributed by atoms with Crippen LogP contribution in [0.3, 0.4) is 0 Å². The lowest BCUT2D eigenvalue weighted by Gasteiger charge is -2.07. The third kappa shape index (κ3) is 3.17. The summed E-state index contributed by atoms with van der Waals surface area (Å²) < 4.78 is 19.1. The number of benzene rings is 1. The number of nitrogens with zero attached hydrogens (tertiary/aromatic N) is 2. The van der Waals surface area contributed by atoms with Gasteiger partial charge in [-0.05, 0) is 22.0 Å². The molecule has 9 heteroatoms. The van der Waals surface area contributed by atoms with E-state index in [0.717, 1.165) is 18.2 Å². The topological polar surface area (TPSA) is 65.3 Å². The fourth-order valence-corrected chi connectivity index (χ4v) is 1.94. The minimum absolute atomic E-state index is 0.00467. The summed E-state index contributed by atoms with van der Waals surface area (Å²) in [6, 6.07) is 3.27. The van der Waals surface area contributed by atoms with Crippen LogP contribution in [0.1, 0.15) is 0 Å². The summed E-state index contributed by atoms with van der Waals surface area (Å²) in [6.45, 7) is 0. The van der Waals surface area contributed by atoms with Crippen molar-refractivity contribution in [2.45, 2.75) is 0 Å². The van der Waals surface area contributed by atoms with Gasteiger partial charge in [0.25, 0.3) is 5.88 Å². The van der Waals surface area contributed by atoms with E-state index >= 15 is 0 Å². The molecule has 5 nitrogen and oxygen atoms in total. The van der Waals surface area contributed by atoms with E-state index in [2.05, 4.69) is 20.9 Å². The van der Waals surface area contributed by atoms with Crippen LogP contribution in [0.4, 0.5) is 10.1 Å². The Morgan fingerprint density at radius 1 is 1.30 bits per heavy atom. The van der Waals surface area contributed by atoms with Crippen LogP contribution < -0.4 is 4.74 Å². The lowest BCUT2D eigenvalue weighted by molar-refractivity contribution is -0.385. The van der Waals surface area contributed by atoms with E-state index in [0.29, 0.717) is 4.47 Å². The van der Waals surface area contributed by atoms with Gasteiger partial charge in [-0.1, -0.05) is 23.2 Å². The van der Waals surface area contributed by atoms with Gasteiger partial charge in [0.05, 0.1) is 15.0 Å². The maximum absolute atomic E-state index is 13.6. The van der Waals surface area contributed by atoms with Gasteiger partial charge in [-0.15, -0.1) is 0 Å². The third-order valence-electron chi connectivity index (χ3n) is 2.18. The molecule has 0 aliphatic carbocycles. The Morgan fingerprint density at radius 2 is 1.95 bits per heavy atom. The first-order chi connectivity index (χ1) is 9.38. The fraction of sp³-hybridized carbons (Fsp3) is 0. The van der Waals surface area contributed by atoms with Crippen LogP contribution in [0.2, 0.25) is 10.0 Å². The van der Waals surface area contributed by atoms with Crippen molar-refractivity contribution in [3.63, 3.8) is 0 Å². The van der Waals surface area contributed by atoms with E-state index in [9.17, 15) is 14.5 Å². The van der Waals surface area contributed by atoms with Gasteiger partial charge in [0.15, 0.2) is 5.82 Å². The Bertz CT molecular complexity index is 700. The summed E-state index contributed by atoms with van der Waals surface area (Å²) in [6.07, 6.45) is 1.29. The maximum Gasteiger partial charge on any atom is 0.313 e. The molecule has 0 spiro atoms. The summed E-state index contributed by atoms with van der Waals surface area (Å²) in [5, 5.41) is 11.0. The van der Waals surface area contributed by atoms with Crippen molar-refractivity contribution in [2.24, 2.45) is 0 Å². The molecule has 0 aliphatic rings. The van der Waals surface area contributed by atoms with Crippen LogP contribution in [0.15, 0.2) is 28.9 Å². The van der Waals surface area contributed by atoms with Crippen molar-refractivity contribution < 1.29 is 14.1 Å². The zero-order valence-corrected chi connectivity index (χ0v) is 12.5. The average Bonchev–Trinajstić information content (AvgIpc) is 2.36. The molecule has 0 fully saturated rings. The molecule has 0 radical (unpaired) electrons. The minimum Gasteiger partial charge on any atom is -0.429 e. The first kappa shape index (κ1) is 15.0. The lowest BCUT2D eigenvalue weighted by atomic mass is 10.3. The number of hydrogen-bond acceptors (Lipinski definition) is 4. The molecule has 0 N–H and O–H groups in total. The van der Waals surface area contributed by atoms with Crippen LogP contribution in [0, 0.1) is 15.9 Å². The predicted octanol–water partition coefficient (Wildman–Crippen LogP) is 4.99. The fourth-order valence-electron chi connectivity index (χ4n) is 1.32. The number of rotatable bonds is 3. The molecule has 0 atom stereocenters. The number of nitro groups is 1. The summed E-state index contributed by atoms with van der Waals surface area (Å²) in [5.74, 6) is -1.44. The molecule has 1 aromatic carbocycles. The van der Waals surface area contributed by atoms with Gasteiger partial charge in [-0.3, -0.25) is 10.1 Å². The quantitative estimate of drug-likeness (QED) is 0.554. The second-order valence-corrected chi connectivity index (χ2v) is 5.26. The molecule has 1 heterocycles.